The van der Waals surface area contributed by atoms with Gasteiger partial charge in [-0.1, -0.05) is 65.1 Å². The minimum absolute atomic E-state index is 0.0461. The molecule has 348 valence electrons. The number of hydrogen-bond donors (Lipinski definition) is 0. The Morgan fingerprint density at radius 3 is 2.59 bits per heavy atom. The molecule has 15 heteroatoms. The fraction of sp³-hybridized carbons (Fsp3) is 0.653. The number of fused-ring (bicyclic) bond motifs is 3. The molecule has 0 spiro atoms. The zero-order valence-electron chi connectivity index (χ0n) is 38.1. The number of aromatic nitrogens is 1. The first kappa shape index (κ1) is 48.7. The number of rotatable bonds is 16. The van der Waals surface area contributed by atoms with Gasteiger partial charge in [0.1, 0.15) is 22.4 Å². The molecule has 1 aromatic carbocycles. The molecule has 7 rings (SSSR count). The maximum absolute atomic E-state index is 14.9. The largest absolute Gasteiger partial charge is 0.491 e. The van der Waals surface area contributed by atoms with Crippen molar-refractivity contribution in [3.05, 3.63) is 52.9 Å². The van der Waals surface area contributed by atoms with Gasteiger partial charge in [0.05, 0.1) is 54.4 Å². The number of hydrogen-bond acceptors (Lipinski definition) is 11. The number of carbonyl (C=O) groups excluding carboxylic acids is 4. The Balaban J connectivity index is 1.04. The molecule has 2 saturated heterocycles. The maximum Gasteiger partial charge on any atom is 0.486 e. The number of ketones is 1. The zero-order chi connectivity index (χ0) is 45.6. The number of carbonyl (C=O) groups is 4. The predicted octanol–water partition coefficient (Wildman–Crippen LogP) is 9.85. The number of halogens is 2. The third kappa shape index (κ3) is 11.5. The van der Waals surface area contributed by atoms with Crippen LogP contribution < -0.4 is 9.47 Å². The van der Waals surface area contributed by atoms with Crippen LogP contribution in [0.2, 0.25) is 0 Å². The Morgan fingerprint density at radius 2 is 1.83 bits per heavy atom. The summed E-state index contributed by atoms with van der Waals surface area (Å²) in [6.45, 7) is 10.7. The van der Waals surface area contributed by atoms with Crippen LogP contribution in [0.1, 0.15) is 125 Å². The van der Waals surface area contributed by atoms with Crippen LogP contribution in [-0.2, 0) is 38.0 Å². The summed E-state index contributed by atoms with van der Waals surface area (Å²) < 4.78 is 37.1. The summed E-state index contributed by atoms with van der Waals surface area (Å²) in [5.41, 5.74) is -1.03. The van der Waals surface area contributed by atoms with Gasteiger partial charge in [0, 0.05) is 29.5 Å². The molecule has 3 aliphatic heterocycles. The summed E-state index contributed by atoms with van der Waals surface area (Å²) in [5, 5.41) is 1.62. The van der Waals surface area contributed by atoms with Crippen molar-refractivity contribution < 1.29 is 47.4 Å². The van der Waals surface area contributed by atoms with Crippen LogP contribution in [-0.4, -0.2) is 95.2 Å². The van der Waals surface area contributed by atoms with Crippen molar-refractivity contribution in [1.82, 2.24) is 9.88 Å². The van der Waals surface area contributed by atoms with Gasteiger partial charge in [-0.2, -0.15) is 0 Å². The molecule has 4 heterocycles. The van der Waals surface area contributed by atoms with Gasteiger partial charge < -0.3 is 33.2 Å². The van der Waals surface area contributed by atoms with Gasteiger partial charge in [0.25, 0.3) is 0 Å². The summed E-state index contributed by atoms with van der Waals surface area (Å²) >= 11 is 7.19. The van der Waals surface area contributed by atoms with Crippen LogP contribution in [0.3, 0.4) is 0 Å². The van der Waals surface area contributed by atoms with E-state index < -0.39 is 23.5 Å². The van der Waals surface area contributed by atoms with Gasteiger partial charge in [0.15, 0.2) is 5.78 Å². The van der Waals surface area contributed by atoms with Crippen LogP contribution in [0.4, 0.5) is 0 Å². The first-order valence-electron chi connectivity index (χ1n) is 23.5. The van der Waals surface area contributed by atoms with E-state index in [9.17, 15) is 19.2 Å². The lowest BCUT2D eigenvalue weighted by atomic mass is 9.89. The average molecular weight is 1010 g/mol. The van der Waals surface area contributed by atoms with E-state index in [4.69, 9.17) is 33.2 Å². The highest BCUT2D eigenvalue weighted by atomic mass is 79.9. The number of Topliss-reactive ketones (excluding diaryl/α,β-unsaturated/α-hetero) is 1. The first-order valence-corrected chi connectivity index (χ1v) is 25.4. The second kappa shape index (κ2) is 21.1. The van der Waals surface area contributed by atoms with Crippen molar-refractivity contribution in [3.63, 3.8) is 0 Å². The molecule has 12 nitrogen and oxygen atoms in total. The fourth-order valence-electron chi connectivity index (χ4n) is 9.37. The Labute approximate surface area is 395 Å². The average Bonchev–Trinajstić information content (AvgIpc) is 4.09. The normalized spacial score (nSPS) is 29.4. The lowest BCUT2D eigenvalue weighted by Gasteiger charge is -2.32. The molecule has 64 heavy (non-hydrogen) atoms. The number of esters is 2. The lowest BCUT2D eigenvalue weighted by molar-refractivity contribution is -0.154. The number of pyridine rings is 1. The van der Waals surface area contributed by atoms with Crippen molar-refractivity contribution in [3.8, 4) is 11.6 Å². The van der Waals surface area contributed by atoms with E-state index >= 15 is 0 Å². The van der Waals surface area contributed by atoms with E-state index in [1.54, 1.807) is 11.8 Å². The number of unbranched alkanes of at least 4 members (excludes halogenated alkanes) is 1. The highest BCUT2D eigenvalue weighted by Gasteiger charge is 2.62. The van der Waals surface area contributed by atoms with Crippen molar-refractivity contribution in [2.45, 2.75) is 154 Å². The number of amides is 1. The molecule has 0 unspecified atom stereocenters. The quantitative estimate of drug-likeness (QED) is 0.0522. The molecule has 0 radical (unpaired) electrons. The summed E-state index contributed by atoms with van der Waals surface area (Å²) in [6.07, 6.45) is 14.4. The predicted molar refractivity (Wildman–Crippen MR) is 252 cm³/mol. The summed E-state index contributed by atoms with van der Waals surface area (Å²) in [5.74, 6) is 1.16. The second-order valence-electron chi connectivity index (χ2n) is 19.3. The van der Waals surface area contributed by atoms with Gasteiger partial charge in [-0.05, 0) is 132 Å². The molecule has 0 N–H and O–H groups in total. The smallest absolute Gasteiger partial charge is 0.486 e. The van der Waals surface area contributed by atoms with E-state index in [0.29, 0.717) is 47.0 Å². The van der Waals surface area contributed by atoms with E-state index in [1.165, 1.54) is 0 Å². The molecule has 1 amide bonds. The number of nitrogens with zero attached hydrogens (tertiary/aromatic N) is 2. The highest BCUT2D eigenvalue weighted by Crippen LogP contribution is 2.58. The summed E-state index contributed by atoms with van der Waals surface area (Å²) in [4.78, 5) is 63.0. The number of para-hydroxylation sites is 1. The second-order valence-corrected chi connectivity index (χ2v) is 20.8. The number of ether oxygens (including phenoxy) is 4. The molecule has 5 aliphatic rings. The van der Waals surface area contributed by atoms with Gasteiger partial charge in [-0.15, -0.1) is 0 Å². The Hall–Kier alpha value is -3.27. The summed E-state index contributed by atoms with van der Waals surface area (Å²) in [6, 6.07) is 6.80. The Bertz CT molecular complexity index is 2060. The topological polar surface area (TPSA) is 140 Å². The van der Waals surface area contributed by atoms with E-state index in [-0.39, 0.29) is 86.4 Å². The van der Waals surface area contributed by atoms with Gasteiger partial charge in [-0.25, -0.2) is 4.98 Å². The van der Waals surface area contributed by atoms with Crippen LogP contribution in [0.5, 0.6) is 11.6 Å². The van der Waals surface area contributed by atoms with Crippen LogP contribution in [0, 0.1) is 23.2 Å². The minimum atomic E-state index is -0.963. The molecule has 2 saturated carbocycles. The molecule has 0 bridgehead atoms. The van der Waals surface area contributed by atoms with Crippen LogP contribution in [0.25, 0.3) is 10.9 Å². The van der Waals surface area contributed by atoms with E-state index in [2.05, 4.69) is 50.1 Å². The lowest BCUT2D eigenvalue weighted by Crippen LogP contribution is -2.45. The van der Waals surface area contributed by atoms with Crippen molar-refractivity contribution in [1.29, 1.82) is 0 Å². The molecule has 1 aromatic heterocycles. The minimum Gasteiger partial charge on any atom is -0.491 e. The number of allylic oxidation sites excluding steroid dienone is 3. The first-order chi connectivity index (χ1) is 30.7. The SMILES string of the molecule is CCOC(=O)[C@]12CC(=O)[C@@H]3C[C@@H](Oc4nc5ccccc5c(OCCCBr)c4Br)CN3C(=O)[C@@H](CC(=O)O[C@@H]3C[C@H]3CCC/C=C/B3OC(C)(C)C(C)(C)O3)CCCCC/C=C\[C@@H]1C2. The third-order valence-electron chi connectivity index (χ3n) is 14.0. The van der Waals surface area contributed by atoms with Crippen molar-refractivity contribution in [2.75, 3.05) is 25.1 Å². The fourth-order valence-corrected chi connectivity index (χ4v) is 10.1. The maximum atomic E-state index is 14.9. The van der Waals surface area contributed by atoms with Gasteiger partial charge in [-0.3, -0.25) is 19.2 Å². The van der Waals surface area contributed by atoms with Crippen molar-refractivity contribution >= 4 is 73.5 Å². The zero-order valence-corrected chi connectivity index (χ0v) is 41.3. The van der Waals surface area contributed by atoms with Gasteiger partial charge >= 0.3 is 19.1 Å². The summed E-state index contributed by atoms with van der Waals surface area (Å²) in [7, 11) is -0.363. The monoisotopic (exact) mass is 1010 g/mol. The molecular weight excluding hydrogens is 947 g/mol. The van der Waals surface area contributed by atoms with Crippen LogP contribution in [0.15, 0.2) is 52.9 Å². The third-order valence-corrected chi connectivity index (χ3v) is 15.2. The van der Waals surface area contributed by atoms with E-state index in [1.807, 2.05) is 57.9 Å². The Kier molecular flexibility index (Phi) is 16.1. The molecular formula is C49H65BBr2N2O10. The molecule has 2 aliphatic carbocycles. The number of benzene rings is 1. The molecule has 7 atom stereocenters. The van der Waals surface area contributed by atoms with Crippen LogP contribution >= 0.6 is 31.9 Å². The van der Waals surface area contributed by atoms with Gasteiger partial charge in [0.2, 0.25) is 11.8 Å². The standard InChI is InChI=1S/C49H65BBr2N2O10/c1-6-59-46(58)49-29-34(49)20-13-9-7-8-11-19-33(27-41(56)62-40-26-32(40)18-12-10-16-23-50-63-47(2,3)48(4,5)64-50)45(57)54-31-35(28-38(54)39(55)30-49)61-44-42(52)43(60-25-17-24-51)36-21-14-15-22-37(36)53-44/h13-16,20-23,32-35,38,40H,6-12,17-19,24-31H2,1-5H3/b20-13-,23-16+/t32-,33-,34-,35-,38+,40-,49-/m1/s1. The highest BCUT2D eigenvalue weighted by molar-refractivity contribution is 9.10. The number of alkyl halides is 1. The van der Waals surface area contributed by atoms with E-state index in [0.717, 1.165) is 68.5 Å². The Morgan fingerprint density at radius 1 is 1.05 bits per heavy atom. The molecule has 4 fully saturated rings. The molecule has 2 aromatic rings. The van der Waals surface area contributed by atoms with Crippen molar-refractivity contribution in [2.24, 2.45) is 23.2 Å².